The Balaban J connectivity index is 0.00000141. The van der Waals surface area contributed by atoms with E-state index < -0.39 is 28.3 Å². The van der Waals surface area contributed by atoms with Crippen molar-refractivity contribution in [3.8, 4) is 5.75 Å². The molecule has 5 N–H and O–H groups in total. The van der Waals surface area contributed by atoms with Crippen LogP contribution in [-0.2, 0) is 10.8 Å². The molecule has 1 fully saturated rings. The van der Waals surface area contributed by atoms with Gasteiger partial charge >= 0.3 is 0 Å². The number of ether oxygens (including phenoxy) is 1. The van der Waals surface area contributed by atoms with E-state index in [0.717, 1.165) is 0 Å². The van der Waals surface area contributed by atoms with Crippen LogP contribution in [0.25, 0.3) is 0 Å². The standard InChI is InChI=1S/C25H27Cl2FN6O2S.C3H8/c1-14(22-18(26)10-32-11-19(22)27)36-16-3-4-21(29)17(8-16)23(30)15-7-20(28)24(33-9-15)34-12-25(31,13-34)5-6-37(2)35;1-3-2/h3-4,7-11,14,30H,5-6,12-13,29,31H2,1-2H3;3H2,1-2H3/t14-,37?;/m1./s1. The van der Waals surface area contributed by atoms with Crippen LogP contribution in [0.2, 0.25) is 10.0 Å². The van der Waals surface area contributed by atoms with Crippen molar-refractivity contribution in [1.29, 1.82) is 5.41 Å². The molecule has 1 aliphatic rings. The molecule has 40 heavy (non-hydrogen) atoms. The molecule has 8 nitrogen and oxygen atoms in total. The van der Waals surface area contributed by atoms with Crippen molar-refractivity contribution in [3.63, 3.8) is 0 Å². The SMILES string of the molecule is CCC.C[C@@H](Oc1ccc(N)c(C(=N)c2cnc(N3CC(N)(CCS(C)=O)C3)c(F)c2)c1)c1c(Cl)cncc1Cl. The number of hydrogen-bond donors (Lipinski definition) is 3. The Morgan fingerprint density at radius 3 is 2.42 bits per heavy atom. The van der Waals surface area contributed by atoms with Crippen molar-refractivity contribution >= 4 is 51.2 Å². The number of nitrogens with one attached hydrogen (secondary N) is 1. The van der Waals surface area contributed by atoms with Gasteiger partial charge in [-0.3, -0.25) is 14.6 Å². The Bertz CT molecular complexity index is 1370. The number of rotatable bonds is 9. The first-order valence-corrected chi connectivity index (χ1v) is 15.3. The summed E-state index contributed by atoms with van der Waals surface area (Å²) in [5.41, 5.74) is 13.5. The molecular weight excluding hydrogens is 574 g/mol. The van der Waals surface area contributed by atoms with Crippen LogP contribution < -0.4 is 21.1 Å². The van der Waals surface area contributed by atoms with Crippen LogP contribution in [0.5, 0.6) is 5.75 Å². The zero-order valence-electron chi connectivity index (χ0n) is 23.0. The zero-order valence-corrected chi connectivity index (χ0v) is 25.3. The molecule has 1 unspecified atom stereocenters. The summed E-state index contributed by atoms with van der Waals surface area (Å²) in [7, 11) is -0.931. The summed E-state index contributed by atoms with van der Waals surface area (Å²) in [4.78, 5) is 9.94. The molecule has 2 atom stereocenters. The number of nitrogen functional groups attached to an aromatic ring is 1. The van der Waals surface area contributed by atoms with Crippen LogP contribution in [0.15, 0.2) is 42.9 Å². The molecule has 4 rings (SSSR count). The molecule has 2 aromatic heterocycles. The van der Waals surface area contributed by atoms with Gasteiger partial charge < -0.3 is 21.1 Å². The summed E-state index contributed by atoms with van der Waals surface area (Å²) in [6, 6.07) is 6.15. The molecule has 1 aliphatic heterocycles. The van der Waals surface area contributed by atoms with Gasteiger partial charge in [-0.1, -0.05) is 43.5 Å². The summed E-state index contributed by atoms with van der Waals surface area (Å²) in [5, 5.41) is 9.41. The highest BCUT2D eigenvalue weighted by molar-refractivity contribution is 7.84. The van der Waals surface area contributed by atoms with E-state index in [4.69, 9.17) is 44.8 Å². The molecule has 0 radical (unpaired) electrons. The molecule has 3 heterocycles. The predicted octanol–water partition coefficient (Wildman–Crippen LogP) is 5.76. The van der Waals surface area contributed by atoms with Gasteiger partial charge in [0.1, 0.15) is 11.9 Å². The third-order valence-corrected chi connectivity index (χ3v) is 7.59. The quantitative estimate of drug-likeness (QED) is 0.208. The van der Waals surface area contributed by atoms with Crippen LogP contribution in [0.1, 0.15) is 56.4 Å². The minimum Gasteiger partial charge on any atom is -0.486 e. The first-order chi connectivity index (χ1) is 18.9. The minimum absolute atomic E-state index is 0.00395. The van der Waals surface area contributed by atoms with E-state index in [1.54, 1.807) is 36.3 Å². The number of nitrogens with zero attached hydrogens (tertiary/aromatic N) is 3. The average Bonchev–Trinajstić information content (AvgIpc) is 2.87. The Hall–Kier alpha value is -2.79. The second kappa shape index (κ2) is 13.7. The molecule has 0 aliphatic carbocycles. The van der Waals surface area contributed by atoms with Crippen LogP contribution in [-0.4, -0.2) is 50.5 Å². The third-order valence-electron chi connectivity index (χ3n) is 6.21. The fourth-order valence-corrected chi connectivity index (χ4v) is 5.59. The van der Waals surface area contributed by atoms with Crippen molar-refractivity contribution in [1.82, 2.24) is 9.97 Å². The highest BCUT2D eigenvalue weighted by Gasteiger charge is 2.41. The first kappa shape index (κ1) is 31.7. The molecule has 1 saturated heterocycles. The van der Waals surface area contributed by atoms with Crippen LogP contribution in [0, 0.1) is 11.2 Å². The minimum atomic E-state index is -0.931. The zero-order chi connectivity index (χ0) is 29.6. The molecule has 12 heteroatoms. The molecule has 0 spiro atoms. The Morgan fingerprint density at radius 2 is 1.85 bits per heavy atom. The van der Waals surface area contributed by atoms with Crippen LogP contribution >= 0.6 is 23.2 Å². The number of nitrogens with two attached hydrogens (primary N) is 2. The summed E-state index contributed by atoms with van der Waals surface area (Å²) in [6.07, 6.45) is 7.38. The third kappa shape index (κ3) is 7.69. The molecule has 3 aromatic rings. The van der Waals surface area contributed by atoms with Crippen LogP contribution in [0.3, 0.4) is 0 Å². The number of anilines is 2. The van der Waals surface area contributed by atoms with Gasteiger partial charge in [0, 0.05) is 76.9 Å². The summed E-state index contributed by atoms with van der Waals surface area (Å²) in [5.74, 6) is 0.538. The second-order valence-electron chi connectivity index (χ2n) is 9.88. The van der Waals surface area contributed by atoms with E-state index in [2.05, 4.69) is 23.8 Å². The summed E-state index contributed by atoms with van der Waals surface area (Å²) in [6.45, 7) is 6.88. The van der Waals surface area contributed by atoms with Crippen molar-refractivity contribution in [2.45, 2.75) is 45.3 Å². The van der Waals surface area contributed by atoms with Gasteiger partial charge in [-0.25, -0.2) is 9.37 Å². The first-order valence-electron chi connectivity index (χ1n) is 12.8. The highest BCUT2D eigenvalue weighted by Crippen LogP contribution is 2.34. The van der Waals surface area contributed by atoms with Gasteiger partial charge in [0.05, 0.1) is 21.3 Å². The lowest BCUT2D eigenvalue weighted by molar-refractivity contribution is 0.227. The maximum atomic E-state index is 15.0. The van der Waals surface area contributed by atoms with Crippen LogP contribution in [0.4, 0.5) is 15.9 Å². The Labute approximate surface area is 247 Å². The smallest absolute Gasteiger partial charge is 0.166 e. The monoisotopic (exact) mass is 608 g/mol. The average molecular weight is 610 g/mol. The van der Waals surface area contributed by atoms with Crippen molar-refractivity contribution < 1.29 is 13.3 Å². The largest absolute Gasteiger partial charge is 0.486 e. The number of hydrogen-bond acceptors (Lipinski definition) is 8. The number of halogens is 3. The van der Waals surface area contributed by atoms with E-state index >= 15 is 4.39 Å². The van der Waals surface area contributed by atoms with E-state index in [1.807, 2.05) is 0 Å². The van der Waals surface area contributed by atoms with E-state index in [-0.39, 0.29) is 17.1 Å². The van der Waals surface area contributed by atoms with Gasteiger partial charge in [-0.15, -0.1) is 0 Å². The number of benzene rings is 1. The molecule has 0 saturated carbocycles. The fourth-order valence-electron chi connectivity index (χ4n) is 4.22. The lowest BCUT2D eigenvalue weighted by Crippen LogP contribution is -2.68. The molecule has 216 valence electrons. The Morgan fingerprint density at radius 1 is 1.23 bits per heavy atom. The summed E-state index contributed by atoms with van der Waals surface area (Å²) >= 11 is 12.5. The highest BCUT2D eigenvalue weighted by atomic mass is 35.5. The number of pyridine rings is 2. The second-order valence-corrected chi connectivity index (χ2v) is 12.3. The normalized spacial score (nSPS) is 15.3. The lowest BCUT2D eigenvalue weighted by atomic mass is 9.88. The predicted molar refractivity (Wildman–Crippen MR) is 163 cm³/mol. The van der Waals surface area contributed by atoms with Gasteiger partial charge in [0.15, 0.2) is 11.6 Å². The maximum Gasteiger partial charge on any atom is 0.166 e. The van der Waals surface area contributed by atoms with Crippen molar-refractivity contribution in [2.75, 3.05) is 35.7 Å². The maximum absolute atomic E-state index is 15.0. The Kier molecular flexibility index (Phi) is 10.9. The molecule has 0 bridgehead atoms. The van der Waals surface area contributed by atoms with E-state index in [0.29, 0.717) is 57.9 Å². The lowest BCUT2D eigenvalue weighted by Gasteiger charge is -2.48. The topological polar surface area (TPSA) is 131 Å². The molecule has 0 amide bonds. The summed E-state index contributed by atoms with van der Waals surface area (Å²) < 4.78 is 32.4. The number of aromatic nitrogens is 2. The van der Waals surface area contributed by atoms with Crippen molar-refractivity contribution in [3.05, 3.63) is 75.4 Å². The van der Waals surface area contributed by atoms with Gasteiger partial charge in [0.2, 0.25) is 0 Å². The van der Waals surface area contributed by atoms with Gasteiger partial charge in [-0.2, -0.15) is 0 Å². The van der Waals surface area contributed by atoms with E-state index in [1.165, 1.54) is 31.1 Å². The van der Waals surface area contributed by atoms with Gasteiger partial charge in [-0.05, 0) is 37.6 Å². The van der Waals surface area contributed by atoms with E-state index in [9.17, 15) is 4.21 Å². The fraction of sp³-hybridized carbons (Fsp3) is 0.393. The molecule has 1 aromatic carbocycles. The van der Waals surface area contributed by atoms with Crippen molar-refractivity contribution in [2.24, 2.45) is 5.73 Å². The van der Waals surface area contributed by atoms with Gasteiger partial charge in [0.25, 0.3) is 0 Å². The molecular formula is C28H35Cl2FN6O2S.